The van der Waals surface area contributed by atoms with Gasteiger partial charge in [-0.1, -0.05) is 48.5 Å². The lowest BCUT2D eigenvalue weighted by Crippen LogP contribution is -2.49. The quantitative estimate of drug-likeness (QED) is 0.598. The summed E-state index contributed by atoms with van der Waals surface area (Å²) in [6, 6.07) is 12.9. The van der Waals surface area contributed by atoms with Crippen LogP contribution in [0.4, 0.5) is 0 Å². The van der Waals surface area contributed by atoms with Crippen molar-refractivity contribution in [2.45, 2.75) is 17.4 Å². The summed E-state index contributed by atoms with van der Waals surface area (Å²) in [5.41, 5.74) is 0.472. The molecule has 2 aromatic carbocycles. The zero-order chi connectivity index (χ0) is 17.7. The summed E-state index contributed by atoms with van der Waals surface area (Å²) in [5, 5.41) is 19.5. The maximum Gasteiger partial charge on any atom is 0.334 e. The first-order valence-electron chi connectivity index (χ1n) is 6.84. The number of hydrogen-bond donors (Lipinski definition) is 1. The minimum Gasteiger partial charge on any atom is -0.480 e. The SMILES string of the molecule is O=C(O)[C@H](Cc1ccccc1)N([N+](=O)[O-])S(=O)(=O)c1ccccc1. The molecule has 0 aliphatic rings. The van der Waals surface area contributed by atoms with Gasteiger partial charge in [0.1, 0.15) is 0 Å². The highest BCUT2D eigenvalue weighted by Gasteiger charge is 2.44. The number of aliphatic carboxylic acids is 1. The third-order valence-corrected chi connectivity index (χ3v) is 5.02. The Morgan fingerprint density at radius 3 is 2.04 bits per heavy atom. The van der Waals surface area contributed by atoms with Gasteiger partial charge >= 0.3 is 16.0 Å². The van der Waals surface area contributed by atoms with Crippen molar-refractivity contribution in [2.75, 3.05) is 0 Å². The van der Waals surface area contributed by atoms with Crippen molar-refractivity contribution < 1.29 is 23.4 Å². The Balaban J connectivity index is 2.47. The van der Waals surface area contributed by atoms with Gasteiger partial charge in [-0.2, -0.15) is 8.42 Å². The average Bonchev–Trinajstić information content (AvgIpc) is 2.55. The minimum atomic E-state index is -4.61. The van der Waals surface area contributed by atoms with Gasteiger partial charge in [-0.3, -0.25) is 0 Å². The average molecular weight is 350 g/mol. The van der Waals surface area contributed by atoms with Crippen LogP contribution in [0.25, 0.3) is 0 Å². The molecule has 0 saturated heterocycles. The molecule has 1 atom stereocenters. The molecule has 24 heavy (non-hydrogen) atoms. The molecule has 0 heterocycles. The first-order chi connectivity index (χ1) is 11.3. The Labute approximate surface area is 138 Å². The van der Waals surface area contributed by atoms with Crippen molar-refractivity contribution >= 4 is 16.0 Å². The van der Waals surface area contributed by atoms with Crippen LogP contribution >= 0.6 is 0 Å². The lowest BCUT2D eigenvalue weighted by Gasteiger charge is -2.20. The van der Waals surface area contributed by atoms with E-state index in [2.05, 4.69) is 0 Å². The van der Waals surface area contributed by atoms with Gasteiger partial charge in [-0.15, -0.1) is 0 Å². The third kappa shape index (κ3) is 3.69. The van der Waals surface area contributed by atoms with E-state index in [1.54, 1.807) is 36.4 Å². The van der Waals surface area contributed by atoms with E-state index in [0.717, 1.165) is 0 Å². The van der Waals surface area contributed by atoms with E-state index >= 15 is 0 Å². The summed E-state index contributed by atoms with van der Waals surface area (Å²) in [7, 11) is -4.61. The van der Waals surface area contributed by atoms with Crippen molar-refractivity contribution in [1.29, 1.82) is 0 Å². The second kappa shape index (κ2) is 7.09. The molecule has 0 radical (unpaired) electrons. The molecule has 0 bridgehead atoms. The fraction of sp³-hybridized carbons (Fsp3) is 0.133. The van der Waals surface area contributed by atoms with Crippen molar-refractivity contribution in [2.24, 2.45) is 0 Å². The van der Waals surface area contributed by atoms with Crippen molar-refractivity contribution in [3.63, 3.8) is 0 Å². The summed E-state index contributed by atoms with van der Waals surface area (Å²) in [5.74, 6) is -1.60. The largest absolute Gasteiger partial charge is 0.480 e. The molecule has 8 nitrogen and oxygen atoms in total. The summed E-state index contributed by atoms with van der Waals surface area (Å²) in [4.78, 5) is 22.5. The molecule has 1 N–H and O–H groups in total. The molecule has 0 aromatic heterocycles. The Bertz CT molecular complexity index is 824. The van der Waals surface area contributed by atoms with Crippen LogP contribution in [0.5, 0.6) is 0 Å². The van der Waals surface area contributed by atoms with Crippen LogP contribution < -0.4 is 0 Å². The number of hydrazine groups is 1. The zero-order valence-electron chi connectivity index (χ0n) is 12.3. The van der Waals surface area contributed by atoms with Crippen LogP contribution in [0.1, 0.15) is 5.56 Å². The van der Waals surface area contributed by atoms with Gasteiger partial charge in [-0.05, 0) is 17.7 Å². The predicted octanol–water partition coefficient (Wildman–Crippen LogP) is 1.56. The molecule has 126 valence electrons. The number of nitrogens with zero attached hydrogens (tertiary/aromatic N) is 2. The topological polar surface area (TPSA) is 118 Å². The summed E-state index contributed by atoms with van der Waals surface area (Å²) < 4.78 is 24.9. The maximum atomic E-state index is 12.5. The molecule has 0 spiro atoms. The smallest absolute Gasteiger partial charge is 0.334 e. The van der Waals surface area contributed by atoms with E-state index < -0.39 is 27.1 Å². The van der Waals surface area contributed by atoms with E-state index in [4.69, 9.17) is 0 Å². The molecule has 0 saturated carbocycles. The van der Waals surface area contributed by atoms with E-state index in [1.807, 2.05) is 0 Å². The third-order valence-electron chi connectivity index (χ3n) is 3.27. The van der Waals surface area contributed by atoms with Crippen LogP contribution in [-0.4, -0.2) is 35.0 Å². The number of benzene rings is 2. The fourth-order valence-corrected chi connectivity index (χ4v) is 3.56. The molecule has 2 rings (SSSR count). The van der Waals surface area contributed by atoms with Crippen molar-refractivity contribution in [3.05, 3.63) is 76.3 Å². The van der Waals surface area contributed by atoms with Crippen LogP contribution in [0, 0.1) is 10.1 Å². The number of carbonyl (C=O) groups is 1. The van der Waals surface area contributed by atoms with E-state index in [9.17, 15) is 28.4 Å². The molecular formula is C15H14N2O6S. The number of nitro groups is 1. The lowest BCUT2D eigenvalue weighted by atomic mass is 10.1. The maximum absolute atomic E-state index is 12.5. The van der Waals surface area contributed by atoms with Crippen molar-refractivity contribution in [3.8, 4) is 0 Å². The Hall–Kier alpha value is -2.94. The normalized spacial score (nSPS) is 12.3. The second-order valence-corrected chi connectivity index (χ2v) is 6.67. The van der Waals surface area contributed by atoms with Gasteiger partial charge in [0, 0.05) is 10.8 Å². The van der Waals surface area contributed by atoms with Gasteiger partial charge in [0.15, 0.2) is 5.03 Å². The Morgan fingerprint density at radius 2 is 1.58 bits per heavy atom. The van der Waals surface area contributed by atoms with Crippen LogP contribution in [-0.2, 0) is 21.2 Å². The molecule has 0 aliphatic carbocycles. The summed E-state index contributed by atoms with van der Waals surface area (Å²) in [6.45, 7) is 0. The van der Waals surface area contributed by atoms with Gasteiger partial charge in [0.2, 0.25) is 6.04 Å². The van der Waals surface area contributed by atoms with Crippen LogP contribution in [0.3, 0.4) is 0 Å². The van der Waals surface area contributed by atoms with Gasteiger partial charge < -0.3 is 5.11 Å². The van der Waals surface area contributed by atoms with E-state index in [1.165, 1.54) is 24.3 Å². The lowest BCUT2D eigenvalue weighted by molar-refractivity contribution is -0.625. The van der Waals surface area contributed by atoms with E-state index in [0.29, 0.717) is 5.56 Å². The monoisotopic (exact) mass is 350 g/mol. The molecule has 0 aliphatic heterocycles. The Morgan fingerprint density at radius 1 is 1.08 bits per heavy atom. The number of sulfonamides is 1. The highest BCUT2D eigenvalue weighted by molar-refractivity contribution is 7.89. The standard InChI is InChI=1S/C15H14N2O6S/c18-15(19)14(11-12-7-3-1-4-8-12)16(17(20)21)24(22,23)13-9-5-2-6-10-13/h1-10,14H,11H2,(H,18,19)/t14-/m0/s1. The van der Waals surface area contributed by atoms with Gasteiger partial charge in [0.25, 0.3) is 0 Å². The predicted molar refractivity (Wildman–Crippen MR) is 84.0 cm³/mol. The molecular weight excluding hydrogens is 336 g/mol. The summed E-state index contributed by atoms with van der Waals surface area (Å²) >= 11 is 0. The van der Waals surface area contributed by atoms with Crippen molar-refractivity contribution in [1.82, 2.24) is 4.41 Å². The summed E-state index contributed by atoms with van der Waals surface area (Å²) in [6.07, 6.45) is -0.330. The fourth-order valence-electron chi connectivity index (χ4n) is 2.17. The van der Waals surface area contributed by atoms with Gasteiger partial charge in [0.05, 0.1) is 4.90 Å². The molecule has 0 unspecified atom stereocenters. The molecule has 2 aromatic rings. The zero-order valence-corrected chi connectivity index (χ0v) is 13.2. The number of carboxylic acids is 1. The highest BCUT2D eigenvalue weighted by atomic mass is 32.2. The van der Waals surface area contributed by atoms with E-state index in [-0.39, 0.29) is 15.7 Å². The van der Waals surface area contributed by atoms with Crippen LogP contribution in [0.15, 0.2) is 65.6 Å². The molecule has 0 amide bonds. The first-order valence-corrected chi connectivity index (χ1v) is 8.28. The first kappa shape index (κ1) is 17.4. The second-order valence-electron chi connectivity index (χ2n) is 4.87. The highest BCUT2D eigenvalue weighted by Crippen LogP contribution is 2.20. The van der Waals surface area contributed by atoms with Gasteiger partial charge in [-0.25, -0.2) is 14.9 Å². The number of hydrogen-bond acceptors (Lipinski definition) is 5. The van der Waals surface area contributed by atoms with Crippen LogP contribution in [0.2, 0.25) is 0 Å². The molecule has 9 heteroatoms. The molecule has 0 fully saturated rings. The number of rotatable bonds is 7. The number of carboxylic acid groups (broad SMARTS) is 1. The minimum absolute atomic E-state index is 0.197. The Kier molecular flexibility index (Phi) is 5.14.